The SMILES string of the molecule is CC(C)CC(N)C(=O)NC(C)C(=O)NC(CC(=O)O)C(=O)NC(CCC(N)=O)C(=O)O. The van der Waals surface area contributed by atoms with Crippen molar-refractivity contribution in [2.24, 2.45) is 17.4 Å². The van der Waals surface area contributed by atoms with Gasteiger partial charge in [0.1, 0.15) is 18.1 Å². The summed E-state index contributed by atoms with van der Waals surface area (Å²) in [5.74, 6) is -6.07. The number of carboxylic acid groups (broad SMARTS) is 2. The Labute approximate surface area is 179 Å². The Kier molecular flexibility index (Phi) is 11.8. The molecule has 31 heavy (non-hydrogen) atoms. The largest absolute Gasteiger partial charge is 0.481 e. The van der Waals surface area contributed by atoms with E-state index >= 15 is 0 Å². The predicted molar refractivity (Wildman–Crippen MR) is 107 cm³/mol. The number of aliphatic carboxylic acids is 2. The highest BCUT2D eigenvalue weighted by Gasteiger charge is 2.30. The van der Waals surface area contributed by atoms with E-state index in [4.69, 9.17) is 21.7 Å². The molecule has 0 fully saturated rings. The van der Waals surface area contributed by atoms with E-state index in [1.807, 2.05) is 13.8 Å². The van der Waals surface area contributed by atoms with E-state index < -0.39 is 66.2 Å². The molecular weight excluding hydrogens is 414 g/mol. The zero-order chi connectivity index (χ0) is 24.3. The van der Waals surface area contributed by atoms with Gasteiger partial charge in [0.15, 0.2) is 0 Å². The quantitative estimate of drug-likeness (QED) is 0.151. The number of carboxylic acids is 2. The van der Waals surface area contributed by atoms with E-state index in [9.17, 15) is 28.8 Å². The van der Waals surface area contributed by atoms with Gasteiger partial charge in [-0.2, -0.15) is 0 Å². The summed E-state index contributed by atoms with van der Waals surface area (Å²) in [5, 5.41) is 24.8. The van der Waals surface area contributed by atoms with E-state index in [0.717, 1.165) is 0 Å². The van der Waals surface area contributed by atoms with Crippen LogP contribution >= 0.6 is 0 Å². The van der Waals surface area contributed by atoms with Gasteiger partial charge in [-0.1, -0.05) is 13.8 Å². The molecule has 0 spiro atoms. The normalized spacial score (nSPS) is 14.6. The first-order chi connectivity index (χ1) is 14.2. The smallest absolute Gasteiger partial charge is 0.326 e. The standard InChI is InChI=1S/C18H31N5O8/c1-8(2)6-10(19)16(28)21-9(3)15(27)23-12(7-14(25)26)17(29)22-11(18(30)31)4-5-13(20)24/h8-12H,4-7,19H2,1-3H3,(H2,20,24)(H,21,28)(H,22,29)(H,23,27)(H,25,26)(H,30,31). The molecule has 0 heterocycles. The number of nitrogens with one attached hydrogen (secondary N) is 3. The van der Waals surface area contributed by atoms with Crippen LogP contribution in [0.3, 0.4) is 0 Å². The summed E-state index contributed by atoms with van der Waals surface area (Å²) in [6.45, 7) is 5.05. The Morgan fingerprint density at radius 2 is 1.39 bits per heavy atom. The molecule has 0 aliphatic carbocycles. The molecule has 0 aromatic carbocycles. The van der Waals surface area contributed by atoms with Crippen molar-refractivity contribution in [2.45, 2.75) is 70.6 Å². The Morgan fingerprint density at radius 1 is 0.839 bits per heavy atom. The van der Waals surface area contributed by atoms with Crippen LogP contribution in [0.25, 0.3) is 0 Å². The highest BCUT2D eigenvalue weighted by atomic mass is 16.4. The minimum atomic E-state index is -1.62. The lowest BCUT2D eigenvalue weighted by Gasteiger charge is -2.23. The Balaban J connectivity index is 5.13. The maximum absolute atomic E-state index is 12.4. The van der Waals surface area contributed by atoms with Gasteiger partial charge in [0.2, 0.25) is 23.6 Å². The van der Waals surface area contributed by atoms with Crippen LogP contribution in [0.1, 0.15) is 46.5 Å². The van der Waals surface area contributed by atoms with Gasteiger partial charge >= 0.3 is 11.9 Å². The van der Waals surface area contributed by atoms with Crippen LogP contribution in [0.4, 0.5) is 0 Å². The molecule has 0 saturated carbocycles. The lowest BCUT2D eigenvalue weighted by atomic mass is 10.0. The lowest BCUT2D eigenvalue weighted by Crippen LogP contribution is -2.56. The van der Waals surface area contributed by atoms with E-state index in [0.29, 0.717) is 6.42 Å². The van der Waals surface area contributed by atoms with Gasteiger partial charge in [-0.15, -0.1) is 0 Å². The van der Waals surface area contributed by atoms with Crippen molar-refractivity contribution >= 4 is 35.6 Å². The van der Waals surface area contributed by atoms with E-state index in [2.05, 4.69) is 16.0 Å². The summed E-state index contributed by atoms with van der Waals surface area (Å²) in [5.41, 5.74) is 10.7. The number of carbonyl (C=O) groups excluding carboxylic acids is 4. The molecule has 176 valence electrons. The third-order valence-corrected chi connectivity index (χ3v) is 4.12. The topological polar surface area (TPSA) is 231 Å². The van der Waals surface area contributed by atoms with Crippen molar-refractivity contribution in [1.82, 2.24) is 16.0 Å². The fraction of sp³-hybridized carbons (Fsp3) is 0.667. The van der Waals surface area contributed by atoms with Crippen molar-refractivity contribution in [3.05, 3.63) is 0 Å². The third kappa shape index (κ3) is 11.5. The number of amides is 4. The fourth-order valence-corrected chi connectivity index (χ4v) is 2.50. The summed E-state index contributed by atoms with van der Waals surface area (Å²) in [7, 11) is 0. The second kappa shape index (κ2) is 13.2. The van der Waals surface area contributed by atoms with Crippen molar-refractivity contribution < 1.29 is 39.0 Å². The molecule has 4 unspecified atom stereocenters. The van der Waals surface area contributed by atoms with Crippen molar-refractivity contribution in [3.8, 4) is 0 Å². The minimum absolute atomic E-state index is 0.144. The fourth-order valence-electron chi connectivity index (χ4n) is 2.50. The lowest BCUT2D eigenvalue weighted by molar-refractivity contribution is -0.143. The first-order valence-corrected chi connectivity index (χ1v) is 9.64. The Bertz CT molecular complexity index is 696. The number of carbonyl (C=O) groups is 6. The number of hydrogen-bond donors (Lipinski definition) is 7. The van der Waals surface area contributed by atoms with E-state index in [1.165, 1.54) is 6.92 Å². The van der Waals surface area contributed by atoms with Crippen molar-refractivity contribution in [2.75, 3.05) is 0 Å². The molecule has 0 aliphatic heterocycles. The summed E-state index contributed by atoms with van der Waals surface area (Å²) < 4.78 is 0. The summed E-state index contributed by atoms with van der Waals surface area (Å²) >= 11 is 0. The molecule has 0 rings (SSSR count). The van der Waals surface area contributed by atoms with E-state index in [-0.39, 0.29) is 18.8 Å². The number of nitrogens with two attached hydrogens (primary N) is 2. The van der Waals surface area contributed by atoms with Crippen LogP contribution in [0.2, 0.25) is 0 Å². The first kappa shape index (κ1) is 27.8. The minimum Gasteiger partial charge on any atom is -0.481 e. The average molecular weight is 445 g/mol. The molecule has 0 saturated heterocycles. The van der Waals surface area contributed by atoms with Gasteiger partial charge in [0.25, 0.3) is 0 Å². The molecule has 0 radical (unpaired) electrons. The van der Waals surface area contributed by atoms with Crippen LogP contribution in [-0.2, 0) is 28.8 Å². The first-order valence-electron chi connectivity index (χ1n) is 9.64. The van der Waals surface area contributed by atoms with Crippen molar-refractivity contribution in [3.63, 3.8) is 0 Å². The van der Waals surface area contributed by atoms with Crippen molar-refractivity contribution in [1.29, 1.82) is 0 Å². The highest BCUT2D eigenvalue weighted by molar-refractivity contribution is 5.95. The predicted octanol–water partition coefficient (Wildman–Crippen LogP) is -2.34. The summed E-state index contributed by atoms with van der Waals surface area (Å²) in [4.78, 5) is 69.9. The van der Waals surface area contributed by atoms with Gasteiger partial charge in [-0.3, -0.25) is 24.0 Å². The maximum atomic E-state index is 12.4. The number of rotatable bonds is 14. The van der Waals surface area contributed by atoms with Gasteiger partial charge in [-0.05, 0) is 25.7 Å². The number of hydrogen-bond acceptors (Lipinski definition) is 7. The highest BCUT2D eigenvalue weighted by Crippen LogP contribution is 2.04. The van der Waals surface area contributed by atoms with Gasteiger partial charge < -0.3 is 37.6 Å². The monoisotopic (exact) mass is 445 g/mol. The van der Waals surface area contributed by atoms with Crippen LogP contribution in [0.5, 0.6) is 0 Å². The Hall–Kier alpha value is -3.22. The molecule has 0 aromatic heterocycles. The zero-order valence-electron chi connectivity index (χ0n) is 17.7. The molecule has 0 bridgehead atoms. The molecule has 4 amide bonds. The third-order valence-electron chi connectivity index (χ3n) is 4.12. The zero-order valence-corrected chi connectivity index (χ0v) is 17.7. The van der Waals surface area contributed by atoms with Gasteiger partial charge in [-0.25, -0.2) is 4.79 Å². The summed E-state index contributed by atoms with van der Waals surface area (Å²) in [6, 6.07) is -5.13. The number of primary amides is 1. The molecule has 0 aromatic rings. The van der Waals surface area contributed by atoms with Gasteiger partial charge in [0.05, 0.1) is 12.5 Å². The van der Waals surface area contributed by atoms with Crippen LogP contribution < -0.4 is 27.4 Å². The molecule has 0 aliphatic rings. The maximum Gasteiger partial charge on any atom is 0.326 e. The van der Waals surface area contributed by atoms with E-state index in [1.54, 1.807) is 0 Å². The molecule has 13 nitrogen and oxygen atoms in total. The Morgan fingerprint density at radius 3 is 1.84 bits per heavy atom. The molecular formula is C18H31N5O8. The molecule has 4 atom stereocenters. The average Bonchev–Trinajstić information content (AvgIpc) is 2.62. The molecule has 9 N–H and O–H groups in total. The second-order valence-electron chi connectivity index (χ2n) is 7.53. The van der Waals surface area contributed by atoms with Crippen LogP contribution in [0.15, 0.2) is 0 Å². The molecule has 13 heteroatoms. The van der Waals surface area contributed by atoms with Crippen LogP contribution in [0, 0.1) is 5.92 Å². The summed E-state index contributed by atoms with van der Waals surface area (Å²) in [6.07, 6.45) is -1.10. The van der Waals surface area contributed by atoms with Crippen LogP contribution in [-0.4, -0.2) is 69.9 Å². The van der Waals surface area contributed by atoms with Gasteiger partial charge in [0, 0.05) is 6.42 Å². The second-order valence-corrected chi connectivity index (χ2v) is 7.53.